The van der Waals surface area contributed by atoms with E-state index in [1.807, 2.05) is 43.3 Å². The number of nitrogens with zero attached hydrogens (tertiary/aromatic N) is 1. The van der Waals surface area contributed by atoms with E-state index < -0.39 is 0 Å². The molecule has 4 nitrogen and oxygen atoms in total. The van der Waals surface area contributed by atoms with E-state index in [1.165, 1.54) is 0 Å². The van der Waals surface area contributed by atoms with Gasteiger partial charge in [-0.3, -0.25) is 4.79 Å². The van der Waals surface area contributed by atoms with Crippen LogP contribution in [0.1, 0.15) is 15.9 Å². The number of nitrogens with one attached hydrogen (secondary N) is 1. The van der Waals surface area contributed by atoms with Gasteiger partial charge in [-0.25, -0.2) is 0 Å². The van der Waals surface area contributed by atoms with Gasteiger partial charge in [-0.1, -0.05) is 24.8 Å². The minimum Gasteiger partial charge on any atom is -0.490 e. The van der Waals surface area contributed by atoms with Crippen LogP contribution in [0.3, 0.4) is 0 Å². The third kappa shape index (κ3) is 4.88. The first kappa shape index (κ1) is 16.6. The van der Waals surface area contributed by atoms with E-state index in [4.69, 9.17) is 4.74 Å². The van der Waals surface area contributed by atoms with Crippen molar-refractivity contribution in [3.05, 3.63) is 72.3 Å². The Morgan fingerprint density at radius 3 is 2.35 bits per heavy atom. The number of amides is 1. The van der Waals surface area contributed by atoms with Gasteiger partial charge < -0.3 is 15.0 Å². The molecule has 1 amide bonds. The Balaban J connectivity index is 1.90. The summed E-state index contributed by atoms with van der Waals surface area (Å²) in [6.45, 7) is 4.55. The zero-order valence-electron chi connectivity index (χ0n) is 13.6. The van der Waals surface area contributed by atoms with Crippen molar-refractivity contribution in [1.82, 2.24) is 5.32 Å². The first-order valence-corrected chi connectivity index (χ1v) is 7.48. The Labute approximate surface area is 137 Å². The second-order valence-electron chi connectivity index (χ2n) is 5.37. The SMILES string of the molecule is C=CCOc1ccc(C(=O)NCc2ccc(N(C)C)cc2)cc1. The first-order chi connectivity index (χ1) is 11.1. The minimum atomic E-state index is -0.100. The summed E-state index contributed by atoms with van der Waals surface area (Å²) in [4.78, 5) is 14.2. The van der Waals surface area contributed by atoms with Gasteiger partial charge in [0.05, 0.1) is 0 Å². The molecule has 0 spiro atoms. The second-order valence-corrected chi connectivity index (χ2v) is 5.37. The fourth-order valence-corrected chi connectivity index (χ4v) is 2.05. The number of anilines is 1. The Bertz CT molecular complexity index is 646. The molecule has 0 unspecified atom stereocenters. The fourth-order valence-electron chi connectivity index (χ4n) is 2.05. The van der Waals surface area contributed by atoms with Gasteiger partial charge in [0.1, 0.15) is 12.4 Å². The molecule has 0 aliphatic rings. The lowest BCUT2D eigenvalue weighted by atomic mass is 10.1. The number of rotatable bonds is 7. The number of carbonyl (C=O) groups is 1. The zero-order valence-corrected chi connectivity index (χ0v) is 13.6. The van der Waals surface area contributed by atoms with Crippen LogP contribution in [0, 0.1) is 0 Å². The van der Waals surface area contributed by atoms with Crippen LogP contribution in [0.5, 0.6) is 5.75 Å². The second kappa shape index (κ2) is 8.03. The van der Waals surface area contributed by atoms with Crippen molar-refractivity contribution >= 4 is 11.6 Å². The van der Waals surface area contributed by atoms with E-state index >= 15 is 0 Å². The highest BCUT2D eigenvalue weighted by Crippen LogP contribution is 2.14. The maximum absolute atomic E-state index is 12.1. The molecule has 0 atom stereocenters. The predicted octanol–water partition coefficient (Wildman–Crippen LogP) is 3.25. The summed E-state index contributed by atoms with van der Waals surface area (Å²) in [6.07, 6.45) is 1.68. The summed E-state index contributed by atoms with van der Waals surface area (Å²) >= 11 is 0. The van der Waals surface area contributed by atoms with Crippen molar-refractivity contribution in [2.45, 2.75) is 6.54 Å². The van der Waals surface area contributed by atoms with Gasteiger partial charge in [0.25, 0.3) is 5.91 Å². The molecule has 0 aliphatic heterocycles. The van der Waals surface area contributed by atoms with Crippen LogP contribution in [0.15, 0.2) is 61.2 Å². The van der Waals surface area contributed by atoms with Gasteiger partial charge in [-0.15, -0.1) is 0 Å². The van der Waals surface area contributed by atoms with E-state index in [0.29, 0.717) is 18.7 Å². The largest absolute Gasteiger partial charge is 0.490 e. The minimum absolute atomic E-state index is 0.100. The predicted molar refractivity (Wildman–Crippen MR) is 94.1 cm³/mol. The van der Waals surface area contributed by atoms with Crippen molar-refractivity contribution in [3.8, 4) is 5.75 Å². The molecule has 0 fully saturated rings. The topological polar surface area (TPSA) is 41.6 Å². The maximum atomic E-state index is 12.1. The lowest BCUT2D eigenvalue weighted by molar-refractivity contribution is 0.0951. The molecular formula is C19H22N2O2. The molecule has 2 rings (SSSR count). The number of hydrogen-bond donors (Lipinski definition) is 1. The fraction of sp³-hybridized carbons (Fsp3) is 0.211. The summed E-state index contributed by atoms with van der Waals surface area (Å²) in [5, 5.41) is 2.92. The molecule has 4 heteroatoms. The summed E-state index contributed by atoms with van der Waals surface area (Å²) in [5.41, 5.74) is 2.81. The average molecular weight is 310 g/mol. The standard InChI is InChI=1S/C19H22N2O2/c1-4-13-23-18-11-7-16(8-12-18)19(22)20-14-15-5-9-17(10-6-15)21(2)3/h4-12H,1,13-14H2,2-3H3,(H,20,22). The third-order valence-electron chi connectivity index (χ3n) is 3.39. The van der Waals surface area contributed by atoms with Crippen molar-refractivity contribution < 1.29 is 9.53 Å². The van der Waals surface area contributed by atoms with E-state index in [1.54, 1.807) is 30.3 Å². The molecular weight excluding hydrogens is 288 g/mol. The number of hydrogen-bond acceptors (Lipinski definition) is 3. The summed E-state index contributed by atoms with van der Waals surface area (Å²) in [6, 6.07) is 15.2. The molecule has 2 aromatic rings. The van der Waals surface area contributed by atoms with Crippen molar-refractivity contribution in [3.63, 3.8) is 0 Å². The van der Waals surface area contributed by atoms with E-state index in [0.717, 1.165) is 17.0 Å². The van der Waals surface area contributed by atoms with E-state index in [9.17, 15) is 4.79 Å². The quantitative estimate of drug-likeness (QED) is 0.798. The smallest absolute Gasteiger partial charge is 0.251 e. The number of carbonyl (C=O) groups excluding carboxylic acids is 1. The van der Waals surface area contributed by atoms with Crippen LogP contribution in [-0.2, 0) is 6.54 Å². The Hall–Kier alpha value is -2.75. The molecule has 0 saturated carbocycles. The summed E-state index contributed by atoms with van der Waals surface area (Å²) < 4.78 is 5.40. The summed E-state index contributed by atoms with van der Waals surface area (Å²) in [7, 11) is 4.00. The maximum Gasteiger partial charge on any atom is 0.251 e. The van der Waals surface area contributed by atoms with Gasteiger partial charge in [0.2, 0.25) is 0 Å². The molecule has 2 aromatic carbocycles. The van der Waals surface area contributed by atoms with Crippen LogP contribution in [0.4, 0.5) is 5.69 Å². The lowest BCUT2D eigenvalue weighted by Crippen LogP contribution is -2.22. The number of benzene rings is 2. The molecule has 0 aliphatic carbocycles. The third-order valence-corrected chi connectivity index (χ3v) is 3.39. The van der Waals surface area contributed by atoms with Crippen LogP contribution in [-0.4, -0.2) is 26.6 Å². The first-order valence-electron chi connectivity index (χ1n) is 7.48. The van der Waals surface area contributed by atoms with Gasteiger partial charge in [0.15, 0.2) is 0 Å². The van der Waals surface area contributed by atoms with Gasteiger partial charge in [-0.2, -0.15) is 0 Å². The molecule has 0 radical (unpaired) electrons. The molecule has 0 heterocycles. The van der Waals surface area contributed by atoms with Gasteiger partial charge in [0, 0.05) is 31.9 Å². The molecule has 120 valence electrons. The Kier molecular flexibility index (Phi) is 5.80. The molecule has 23 heavy (non-hydrogen) atoms. The number of ether oxygens (including phenoxy) is 1. The normalized spacial score (nSPS) is 10.0. The average Bonchev–Trinajstić information content (AvgIpc) is 2.58. The molecule has 0 saturated heterocycles. The molecule has 0 aromatic heterocycles. The molecule has 1 N–H and O–H groups in total. The lowest BCUT2D eigenvalue weighted by Gasteiger charge is -2.13. The van der Waals surface area contributed by atoms with Gasteiger partial charge >= 0.3 is 0 Å². The highest BCUT2D eigenvalue weighted by molar-refractivity contribution is 5.94. The van der Waals surface area contributed by atoms with E-state index in [-0.39, 0.29) is 5.91 Å². The highest BCUT2D eigenvalue weighted by atomic mass is 16.5. The van der Waals surface area contributed by atoms with Crippen LogP contribution in [0.25, 0.3) is 0 Å². The summed E-state index contributed by atoms with van der Waals surface area (Å²) in [5.74, 6) is 0.623. The monoisotopic (exact) mass is 310 g/mol. The van der Waals surface area contributed by atoms with Crippen LogP contribution < -0.4 is 15.0 Å². The Morgan fingerprint density at radius 2 is 1.78 bits per heavy atom. The van der Waals surface area contributed by atoms with Crippen LogP contribution >= 0.6 is 0 Å². The van der Waals surface area contributed by atoms with E-state index in [2.05, 4.69) is 11.9 Å². The van der Waals surface area contributed by atoms with Crippen molar-refractivity contribution in [2.75, 3.05) is 25.6 Å². The van der Waals surface area contributed by atoms with Crippen molar-refractivity contribution in [2.24, 2.45) is 0 Å². The zero-order chi connectivity index (χ0) is 16.7. The van der Waals surface area contributed by atoms with Crippen LogP contribution in [0.2, 0.25) is 0 Å². The highest BCUT2D eigenvalue weighted by Gasteiger charge is 2.05. The van der Waals surface area contributed by atoms with Gasteiger partial charge in [-0.05, 0) is 42.0 Å². The molecule has 0 bridgehead atoms. The van der Waals surface area contributed by atoms with Crippen molar-refractivity contribution in [1.29, 1.82) is 0 Å². The Morgan fingerprint density at radius 1 is 1.13 bits per heavy atom.